The van der Waals surface area contributed by atoms with Crippen LogP contribution in [0, 0.1) is 5.82 Å². The molecule has 0 aliphatic rings. The number of hydrogen-bond acceptors (Lipinski definition) is 3. The van der Waals surface area contributed by atoms with Crippen LogP contribution < -0.4 is 0 Å². The minimum Gasteiger partial charge on any atom is -0.384 e. The van der Waals surface area contributed by atoms with Crippen molar-refractivity contribution in [2.24, 2.45) is 0 Å². The molecule has 164 valence electrons. The SMILES string of the molecule is CSc1cccc(-c2ccc(-n3cc(C(C)(C)O)nc3-c3c(F)cccc3Cl)c(Cl)c2)c1. The number of rotatable bonds is 5. The summed E-state index contributed by atoms with van der Waals surface area (Å²) in [6.07, 6.45) is 3.69. The number of thioether (sulfide) groups is 1. The molecule has 0 amide bonds. The number of imidazole rings is 1. The van der Waals surface area contributed by atoms with Crippen molar-refractivity contribution < 1.29 is 9.50 Å². The maximum atomic E-state index is 14.8. The molecule has 0 bridgehead atoms. The van der Waals surface area contributed by atoms with Crippen molar-refractivity contribution in [3.05, 3.63) is 88.4 Å². The van der Waals surface area contributed by atoms with E-state index in [1.54, 1.807) is 42.4 Å². The molecule has 1 N–H and O–H groups in total. The smallest absolute Gasteiger partial charge is 0.149 e. The lowest BCUT2D eigenvalue weighted by Gasteiger charge is -2.13. The van der Waals surface area contributed by atoms with Gasteiger partial charge in [0.05, 0.1) is 27.0 Å². The van der Waals surface area contributed by atoms with Crippen LogP contribution in [0.2, 0.25) is 10.0 Å². The Labute approximate surface area is 200 Å². The molecule has 0 fully saturated rings. The highest BCUT2D eigenvalue weighted by Crippen LogP contribution is 2.37. The van der Waals surface area contributed by atoms with E-state index in [4.69, 9.17) is 23.2 Å². The summed E-state index contributed by atoms with van der Waals surface area (Å²) in [4.78, 5) is 5.68. The predicted molar refractivity (Wildman–Crippen MR) is 131 cm³/mol. The normalized spacial score (nSPS) is 11.7. The zero-order chi connectivity index (χ0) is 23.0. The van der Waals surface area contributed by atoms with Gasteiger partial charge in [-0.05, 0) is 67.6 Å². The Morgan fingerprint density at radius 2 is 1.69 bits per heavy atom. The van der Waals surface area contributed by atoms with Gasteiger partial charge >= 0.3 is 0 Å². The second-order valence-electron chi connectivity index (χ2n) is 7.87. The summed E-state index contributed by atoms with van der Waals surface area (Å²) in [6.45, 7) is 3.24. The fraction of sp³-hybridized carbons (Fsp3) is 0.160. The molecular weight excluding hydrogens is 466 g/mol. The van der Waals surface area contributed by atoms with Crippen LogP contribution in [0.1, 0.15) is 19.5 Å². The summed E-state index contributed by atoms with van der Waals surface area (Å²) < 4.78 is 16.4. The van der Waals surface area contributed by atoms with Gasteiger partial charge in [-0.1, -0.05) is 47.5 Å². The standard InChI is InChI=1S/C25H21Cl2FN2OS/c1-25(2,31)22-14-30(24(29-22)23-18(26)8-5-9-20(23)28)21-11-10-16(13-19(21)27)15-6-4-7-17(12-15)32-3/h4-14,31H,1-3H3. The summed E-state index contributed by atoms with van der Waals surface area (Å²) in [6, 6.07) is 18.3. The molecule has 4 aromatic rings. The zero-order valence-corrected chi connectivity index (χ0v) is 20.1. The van der Waals surface area contributed by atoms with Crippen molar-refractivity contribution in [2.45, 2.75) is 24.3 Å². The fourth-order valence-electron chi connectivity index (χ4n) is 3.43. The monoisotopic (exact) mass is 486 g/mol. The molecule has 4 rings (SSSR count). The van der Waals surface area contributed by atoms with E-state index in [0.29, 0.717) is 16.4 Å². The summed E-state index contributed by atoms with van der Waals surface area (Å²) in [5, 5.41) is 11.2. The molecule has 0 saturated carbocycles. The molecule has 3 nitrogen and oxygen atoms in total. The number of aromatic nitrogens is 2. The Hall–Kier alpha value is -2.31. The highest BCUT2D eigenvalue weighted by atomic mass is 35.5. The fourth-order valence-corrected chi connectivity index (χ4v) is 4.41. The summed E-state index contributed by atoms with van der Waals surface area (Å²) >= 11 is 14.7. The van der Waals surface area contributed by atoms with Crippen LogP contribution in [0.4, 0.5) is 4.39 Å². The quantitative estimate of drug-likeness (QED) is 0.295. The van der Waals surface area contributed by atoms with E-state index in [1.807, 2.05) is 36.6 Å². The first-order valence-electron chi connectivity index (χ1n) is 9.90. The zero-order valence-electron chi connectivity index (χ0n) is 17.7. The molecule has 0 spiro atoms. The molecule has 1 heterocycles. The molecular formula is C25H21Cl2FN2OS. The molecule has 7 heteroatoms. The van der Waals surface area contributed by atoms with Gasteiger partial charge in [0.25, 0.3) is 0 Å². The second-order valence-corrected chi connectivity index (χ2v) is 9.57. The van der Waals surface area contributed by atoms with Crippen LogP contribution in [-0.2, 0) is 5.60 Å². The van der Waals surface area contributed by atoms with Gasteiger partial charge in [-0.15, -0.1) is 11.8 Å². The van der Waals surface area contributed by atoms with E-state index in [-0.39, 0.29) is 16.4 Å². The number of benzene rings is 3. The first kappa shape index (κ1) is 22.9. The highest BCUT2D eigenvalue weighted by molar-refractivity contribution is 7.98. The molecule has 0 atom stereocenters. The summed E-state index contributed by atoms with van der Waals surface area (Å²) in [5.74, 6) is -0.238. The van der Waals surface area contributed by atoms with Crippen LogP contribution in [0.5, 0.6) is 0 Å². The lowest BCUT2D eigenvalue weighted by Crippen LogP contribution is -2.15. The van der Waals surface area contributed by atoms with Crippen LogP contribution in [0.15, 0.2) is 71.8 Å². The van der Waals surface area contributed by atoms with Crippen molar-refractivity contribution in [2.75, 3.05) is 6.26 Å². The Bertz CT molecular complexity index is 1280. The van der Waals surface area contributed by atoms with Gasteiger partial charge in [0.2, 0.25) is 0 Å². The summed E-state index contributed by atoms with van der Waals surface area (Å²) in [5.41, 5.74) is 1.90. The topological polar surface area (TPSA) is 38.0 Å². The lowest BCUT2D eigenvalue weighted by molar-refractivity contribution is 0.0743. The average Bonchev–Trinajstić information content (AvgIpc) is 3.19. The van der Waals surface area contributed by atoms with Gasteiger partial charge in [-0.2, -0.15) is 0 Å². The Kier molecular flexibility index (Phi) is 6.37. The molecule has 3 aromatic carbocycles. The third-order valence-corrected chi connectivity index (χ3v) is 6.47. The first-order chi connectivity index (χ1) is 15.2. The van der Waals surface area contributed by atoms with Gasteiger partial charge in [0.15, 0.2) is 0 Å². The van der Waals surface area contributed by atoms with Gasteiger partial charge < -0.3 is 5.11 Å². The summed E-state index contributed by atoms with van der Waals surface area (Å²) in [7, 11) is 0. The number of nitrogens with zero attached hydrogens (tertiary/aromatic N) is 2. The number of aliphatic hydroxyl groups is 1. The second kappa shape index (κ2) is 8.91. The molecule has 0 aliphatic carbocycles. The molecule has 1 aromatic heterocycles. The van der Waals surface area contributed by atoms with Crippen molar-refractivity contribution >= 4 is 35.0 Å². The van der Waals surface area contributed by atoms with Gasteiger partial charge in [0.1, 0.15) is 17.2 Å². The van der Waals surface area contributed by atoms with Crippen LogP contribution in [0.25, 0.3) is 28.2 Å². The highest BCUT2D eigenvalue weighted by Gasteiger charge is 2.26. The van der Waals surface area contributed by atoms with Crippen LogP contribution in [0.3, 0.4) is 0 Å². The van der Waals surface area contributed by atoms with E-state index >= 15 is 0 Å². The van der Waals surface area contributed by atoms with Gasteiger partial charge in [-0.3, -0.25) is 4.57 Å². The first-order valence-corrected chi connectivity index (χ1v) is 11.9. The van der Waals surface area contributed by atoms with E-state index < -0.39 is 11.4 Å². The number of halogens is 3. The third-order valence-electron chi connectivity index (χ3n) is 5.13. The average molecular weight is 487 g/mol. The molecule has 0 saturated heterocycles. The molecule has 0 aliphatic heterocycles. The maximum absolute atomic E-state index is 14.8. The molecule has 32 heavy (non-hydrogen) atoms. The van der Waals surface area contributed by atoms with Gasteiger partial charge in [-0.25, -0.2) is 9.37 Å². The largest absolute Gasteiger partial charge is 0.384 e. The van der Waals surface area contributed by atoms with Gasteiger partial charge in [0, 0.05) is 11.1 Å². The van der Waals surface area contributed by atoms with Crippen molar-refractivity contribution in [1.82, 2.24) is 9.55 Å². The molecule has 0 radical (unpaired) electrons. The van der Waals surface area contributed by atoms with Crippen LogP contribution >= 0.6 is 35.0 Å². The van der Waals surface area contributed by atoms with E-state index in [9.17, 15) is 9.50 Å². The van der Waals surface area contributed by atoms with E-state index in [1.165, 1.54) is 12.1 Å². The van der Waals surface area contributed by atoms with Crippen molar-refractivity contribution in [1.29, 1.82) is 0 Å². The van der Waals surface area contributed by atoms with E-state index in [2.05, 4.69) is 17.1 Å². The Balaban J connectivity index is 1.89. The minimum absolute atomic E-state index is 0.150. The lowest BCUT2D eigenvalue weighted by atomic mass is 10.1. The predicted octanol–water partition coefficient (Wildman–Crippen LogP) is 7.60. The Morgan fingerprint density at radius 3 is 2.34 bits per heavy atom. The third kappa shape index (κ3) is 4.44. The van der Waals surface area contributed by atoms with Crippen LogP contribution in [-0.4, -0.2) is 20.9 Å². The molecule has 0 unspecified atom stereocenters. The Morgan fingerprint density at radius 1 is 0.969 bits per heavy atom. The number of hydrogen-bond donors (Lipinski definition) is 1. The van der Waals surface area contributed by atoms with Crippen molar-refractivity contribution in [3.63, 3.8) is 0 Å². The van der Waals surface area contributed by atoms with E-state index in [0.717, 1.165) is 16.0 Å². The van der Waals surface area contributed by atoms with Crippen molar-refractivity contribution in [3.8, 4) is 28.2 Å². The maximum Gasteiger partial charge on any atom is 0.149 e. The minimum atomic E-state index is -1.23.